The minimum Gasteiger partial charge on any atom is -0.462 e. The summed E-state index contributed by atoms with van der Waals surface area (Å²) >= 11 is 0. The molecule has 0 spiro atoms. The highest BCUT2D eigenvalue weighted by Crippen LogP contribution is 2.43. The van der Waals surface area contributed by atoms with Gasteiger partial charge in [-0.05, 0) is 57.8 Å². The smallest absolute Gasteiger partial charge is 0.462 e. The van der Waals surface area contributed by atoms with Crippen molar-refractivity contribution < 1.29 is 63.1 Å². The maximum atomic E-state index is 12.6. The van der Waals surface area contributed by atoms with E-state index in [-0.39, 0.29) is 25.7 Å². The van der Waals surface area contributed by atoms with Crippen molar-refractivity contribution in [2.24, 2.45) is 0 Å². The quantitative estimate of drug-likeness (QED) is 0.0117. The summed E-state index contributed by atoms with van der Waals surface area (Å²) in [6, 6.07) is 0. The van der Waals surface area contributed by atoms with Gasteiger partial charge >= 0.3 is 19.8 Å². The first-order chi connectivity index (χ1) is 27.9. The summed E-state index contributed by atoms with van der Waals surface area (Å²) in [6.45, 7) is 1.72. The lowest BCUT2D eigenvalue weighted by Crippen LogP contribution is -2.30. The third-order valence-electron chi connectivity index (χ3n) is 8.40. The number of phosphoric ester groups is 1. The molecule has 0 saturated carbocycles. The molecule has 0 aliphatic carbocycles. The molecule has 332 valence electrons. The molecule has 0 radical (unpaired) electrons. The first kappa shape index (κ1) is 55.0. The molecule has 0 aromatic carbocycles. The molecule has 0 bridgehead atoms. The van der Waals surface area contributed by atoms with Crippen molar-refractivity contribution in [2.75, 3.05) is 26.4 Å². The Morgan fingerprint density at radius 2 is 1.24 bits per heavy atom. The number of carbonyl (C=O) groups is 2. The molecule has 0 aromatic rings. The molecule has 0 aliphatic rings. The van der Waals surface area contributed by atoms with Gasteiger partial charge in [-0.2, -0.15) is 0 Å². The first-order valence-corrected chi connectivity index (χ1v) is 22.4. The number of esters is 2. The van der Waals surface area contributed by atoms with Crippen molar-refractivity contribution in [3.8, 4) is 0 Å². The van der Waals surface area contributed by atoms with Crippen LogP contribution in [0.4, 0.5) is 0 Å². The van der Waals surface area contributed by atoms with Crippen LogP contribution in [0.25, 0.3) is 0 Å². The molecule has 58 heavy (non-hydrogen) atoms. The van der Waals surface area contributed by atoms with Gasteiger partial charge in [-0.25, -0.2) is 4.57 Å². The molecule has 0 heterocycles. The highest BCUT2D eigenvalue weighted by atomic mass is 31.2. The van der Waals surface area contributed by atoms with Crippen LogP contribution in [-0.2, 0) is 32.7 Å². The van der Waals surface area contributed by atoms with Crippen molar-refractivity contribution in [3.63, 3.8) is 0 Å². The predicted octanol–water partition coefficient (Wildman–Crippen LogP) is 7.58. The van der Waals surface area contributed by atoms with Gasteiger partial charge in [0.25, 0.3) is 0 Å². The second-order valence-electron chi connectivity index (χ2n) is 13.8. The van der Waals surface area contributed by atoms with E-state index in [0.29, 0.717) is 6.42 Å². The SMILES string of the molecule is CC/C=C\C/C=C\C/C=C\CCCCCCCC(=O)O[C@H](COC(=O)CCC[C@@H](O)[C@H](O)/C=C/C=C/C=C\C=C\[C@H](O)CCCCC)COP(=O)(O)OC[C@@H](O)CO. The Balaban J connectivity index is 4.69. The van der Waals surface area contributed by atoms with Crippen LogP contribution >= 0.6 is 7.82 Å². The van der Waals surface area contributed by atoms with E-state index in [1.54, 1.807) is 42.5 Å². The molecule has 13 nitrogen and oxygen atoms in total. The third-order valence-corrected chi connectivity index (χ3v) is 9.35. The van der Waals surface area contributed by atoms with Crippen molar-refractivity contribution in [3.05, 3.63) is 85.1 Å². The average molecular weight is 841 g/mol. The fraction of sp³-hybridized carbons (Fsp3) is 0.636. The summed E-state index contributed by atoms with van der Waals surface area (Å²) in [7, 11) is -4.71. The summed E-state index contributed by atoms with van der Waals surface area (Å²) < 4.78 is 32.4. The van der Waals surface area contributed by atoms with E-state index in [2.05, 4.69) is 54.8 Å². The van der Waals surface area contributed by atoms with E-state index in [1.807, 2.05) is 0 Å². The van der Waals surface area contributed by atoms with Gasteiger partial charge in [0, 0.05) is 12.8 Å². The van der Waals surface area contributed by atoms with E-state index < -0.39 is 76.7 Å². The highest BCUT2D eigenvalue weighted by Gasteiger charge is 2.27. The second kappa shape index (κ2) is 38.2. The molecule has 14 heteroatoms. The van der Waals surface area contributed by atoms with Gasteiger partial charge in [0.05, 0.1) is 38.1 Å². The summed E-state index contributed by atoms with van der Waals surface area (Å²) in [6.07, 6.45) is 33.5. The zero-order chi connectivity index (χ0) is 43.1. The monoisotopic (exact) mass is 840 g/mol. The molecule has 6 N–H and O–H groups in total. The Bertz CT molecular complexity index is 1290. The Kier molecular flexibility index (Phi) is 36.3. The molecule has 0 aromatic heterocycles. The number of allylic oxidation sites excluding steroid dienone is 12. The van der Waals surface area contributed by atoms with Gasteiger partial charge in [-0.1, -0.05) is 137 Å². The Hall–Kier alpha value is -2.97. The Morgan fingerprint density at radius 3 is 1.93 bits per heavy atom. The third kappa shape index (κ3) is 36.1. The molecular formula is C44H73O13P. The topological polar surface area (TPSA) is 210 Å². The van der Waals surface area contributed by atoms with Crippen LogP contribution in [0.5, 0.6) is 0 Å². The van der Waals surface area contributed by atoms with Crippen LogP contribution in [-0.4, -0.2) is 99.3 Å². The number of ether oxygens (including phenoxy) is 2. The van der Waals surface area contributed by atoms with E-state index >= 15 is 0 Å². The molecule has 0 rings (SSSR count). The van der Waals surface area contributed by atoms with Crippen LogP contribution in [0.15, 0.2) is 85.1 Å². The first-order valence-electron chi connectivity index (χ1n) is 20.9. The maximum absolute atomic E-state index is 12.6. The second-order valence-corrected chi connectivity index (χ2v) is 15.3. The fourth-order valence-electron chi connectivity index (χ4n) is 5.04. The van der Waals surface area contributed by atoms with E-state index in [4.69, 9.17) is 19.1 Å². The normalized spacial score (nSPS) is 16.3. The largest absolute Gasteiger partial charge is 0.472 e. The van der Waals surface area contributed by atoms with Gasteiger partial charge in [0.2, 0.25) is 0 Å². The van der Waals surface area contributed by atoms with Crippen molar-refractivity contribution in [1.29, 1.82) is 0 Å². The molecule has 0 amide bonds. The van der Waals surface area contributed by atoms with Crippen molar-refractivity contribution >= 4 is 19.8 Å². The number of aliphatic hydroxyl groups excluding tert-OH is 5. The van der Waals surface area contributed by atoms with Crippen molar-refractivity contribution in [2.45, 2.75) is 154 Å². The number of hydrogen-bond donors (Lipinski definition) is 6. The number of unbranched alkanes of at least 4 members (excludes halogenated alkanes) is 7. The molecular weight excluding hydrogens is 767 g/mol. The van der Waals surface area contributed by atoms with E-state index in [0.717, 1.165) is 77.0 Å². The standard InChI is InChI=1S/C44H73O13P/c1-3-5-7-8-9-10-11-12-13-14-15-16-17-22-26-32-44(51)57-40(37-56-58(52,53)55-35-39(47)34-45)36-54-43(50)33-27-31-42(49)41(48)30-25-21-19-18-20-24-29-38(46)28-23-6-4-2/h5,7,9-10,12-13,18-21,24-25,29-30,38-42,45-49H,3-4,6,8,11,14-17,22-23,26-28,31-37H2,1-2H3,(H,52,53)/b7-5-,10-9-,13-12-,20-18-,21-19+,29-24+,30-25+/t38-,39+,40-,41-,42-/m1/s1. The van der Waals surface area contributed by atoms with Gasteiger partial charge in [-0.15, -0.1) is 0 Å². The van der Waals surface area contributed by atoms with Crippen LogP contribution in [0.3, 0.4) is 0 Å². The summed E-state index contributed by atoms with van der Waals surface area (Å²) in [5, 5.41) is 48.7. The lowest BCUT2D eigenvalue weighted by atomic mass is 10.1. The van der Waals surface area contributed by atoms with Crippen LogP contribution in [0.2, 0.25) is 0 Å². The average Bonchev–Trinajstić information content (AvgIpc) is 3.20. The molecule has 1 unspecified atom stereocenters. The van der Waals surface area contributed by atoms with Crippen LogP contribution < -0.4 is 0 Å². The van der Waals surface area contributed by atoms with Gasteiger partial charge < -0.3 is 39.9 Å². The van der Waals surface area contributed by atoms with Crippen molar-refractivity contribution in [1.82, 2.24) is 0 Å². The summed E-state index contributed by atoms with van der Waals surface area (Å²) in [5.74, 6) is -1.28. The van der Waals surface area contributed by atoms with Crippen LogP contribution in [0.1, 0.15) is 123 Å². The Morgan fingerprint density at radius 1 is 0.638 bits per heavy atom. The van der Waals surface area contributed by atoms with Gasteiger partial charge in [0.15, 0.2) is 6.10 Å². The van der Waals surface area contributed by atoms with E-state index in [1.165, 1.54) is 6.08 Å². The van der Waals surface area contributed by atoms with Gasteiger partial charge in [-0.3, -0.25) is 18.6 Å². The number of phosphoric acid groups is 1. The van der Waals surface area contributed by atoms with Gasteiger partial charge in [0.1, 0.15) is 12.7 Å². The maximum Gasteiger partial charge on any atom is 0.472 e. The number of carbonyl (C=O) groups excluding carboxylic acids is 2. The summed E-state index contributed by atoms with van der Waals surface area (Å²) in [4.78, 5) is 35.0. The molecule has 0 saturated heterocycles. The van der Waals surface area contributed by atoms with Crippen LogP contribution in [0, 0.1) is 0 Å². The number of rotatable bonds is 37. The Labute approximate surface area is 347 Å². The lowest BCUT2D eigenvalue weighted by Gasteiger charge is -2.20. The molecule has 0 fully saturated rings. The highest BCUT2D eigenvalue weighted by molar-refractivity contribution is 7.47. The zero-order valence-electron chi connectivity index (χ0n) is 34.8. The minimum absolute atomic E-state index is 0.0862. The molecule has 0 aliphatic heterocycles. The number of hydrogen-bond acceptors (Lipinski definition) is 12. The molecule has 6 atom stereocenters. The zero-order valence-corrected chi connectivity index (χ0v) is 35.7. The predicted molar refractivity (Wildman–Crippen MR) is 227 cm³/mol. The minimum atomic E-state index is -4.71. The van der Waals surface area contributed by atoms with E-state index in [9.17, 15) is 39.5 Å². The summed E-state index contributed by atoms with van der Waals surface area (Å²) in [5.41, 5.74) is 0. The lowest BCUT2D eigenvalue weighted by molar-refractivity contribution is -0.161. The fourth-order valence-corrected chi connectivity index (χ4v) is 5.83. The number of aliphatic hydroxyl groups is 5.